The summed E-state index contributed by atoms with van der Waals surface area (Å²) in [4.78, 5) is 24.3. The third kappa shape index (κ3) is 2.94. The number of amides is 2. The molecule has 1 fully saturated rings. The van der Waals surface area contributed by atoms with Gasteiger partial charge in [0.05, 0.1) is 12.2 Å². The molecule has 2 amide bonds. The second kappa shape index (κ2) is 5.47. The normalized spacial score (nSPS) is 24.7. The van der Waals surface area contributed by atoms with E-state index in [1.807, 2.05) is 6.92 Å². The lowest BCUT2D eigenvalue weighted by molar-refractivity contribution is -0.148. The first kappa shape index (κ1) is 12.5. The molecule has 2 unspecified atom stereocenters. The van der Waals surface area contributed by atoms with Crippen LogP contribution in [0, 0.1) is 17.2 Å². The number of likely N-dealkylation sites (tertiary alicyclic amines) is 1. The molecular formula is C10H15N3O3. The van der Waals surface area contributed by atoms with E-state index in [9.17, 15) is 14.7 Å². The fourth-order valence-electron chi connectivity index (χ4n) is 1.66. The van der Waals surface area contributed by atoms with E-state index in [1.54, 1.807) is 6.07 Å². The maximum Gasteiger partial charge on any atom is 0.311 e. The highest BCUT2D eigenvalue weighted by atomic mass is 16.3. The molecule has 0 saturated carbocycles. The fraction of sp³-hybridized carbons (Fsp3) is 0.700. The van der Waals surface area contributed by atoms with Crippen LogP contribution in [0.1, 0.15) is 13.3 Å². The zero-order valence-corrected chi connectivity index (χ0v) is 9.14. The smallest absolute Gasteiger partial charge is 0.311 e. The van der Waals surface area contributed by atoms with E-state index in [0.717, 1.165) is 0 Å². The highest BCUT2D eigenvalue weighted by Crippen LogP contribution is 2.16. The van der Waals surface area contributed by atoms with Crippen molar-refractivity contribution in [3.63, 3.8) is 0 Å². The number of nitriles is 1. The molecule has 0 radical (unpaired) electrons. The van der Waals surface area contributed by atoms with Crippen molar-refractivity contribution in [2.75, 3.05) is 19.6 Å². The minimum absolute atomic E-state index is 0.0264. The van der Waals surface area contributed by atoms with Crippen LogP contribution in [0.25, 0.3) is 0 Å². The van der Waals surface area contributed by atoms with E-state index in [0.29, 0.717) is 19.5 Å². The van der Waals surface area contributed by atoms with Crippen LogP contribution >= 0.6 is 0 Å². The number of hydrogen-bond acceptors (Lipinski definition) is 4. The Morgan fingerprint density at radius 3 is 2.88 bits per heavy atom. The van der Waals surface area contributed by atoms with Crippen molar-refractivity contribution in [1.29, 1.82) is 5.26 Å². The molecule has 16 heavy (non-hydrogen) atoms. The van der Waals surface area contributed by atoms with E-state index in [-0.39, 0.29) is 12.5 Å². The number of aliphatic hydroxyl groups excluding tert-OH is 1. The lowest BCUT2D eigenvalue weighted by Crippen LogP contribution is -2.50. The third-order valence-electron chi connectivity index (χ3n) is 2.67. The second-order valence-electron chi connectivity index (χ2n) is 3.93. The fourth-order valence-corrected chi connectivity index (χ4v) is 1.66. The van der Waals surface area contributed by atoms with Crippen LogP contribution in [-0.4, -0.2) is 47.6 Å². The monoisotopic (exact) mass is 225 g/mol. The zero-order valence-electron chi connectivity index (χ0n) is 9.14. The Hall–Kier alpha value is -1.61. The zero-order chi connectivity index (χ0) is 12.1. The Morgan fingerprint density at radius 1 is 1.62 bits per heavy atom. The van der Waals surface area contributed by atoms with Crippen molar-refractivity contribution in [3.8, 4) is 6.07 Å². The van der Waals surface area contributed by atoms with Gasteiger partial charge in [-0.2, -0.15) is 5.26 Å². The van der Waals surface area contributed by atoms with Gasteiger partial charge in [0.25, 0.3) is 0 Å². The summed E-state index contributed by atoms with van der Waals surface area (Å²) in [6.07, 6.45) is 0.0737. The van der Waals surface area contributed by atoms with E-state index < -0.39 is 17.9 Å². The molecule has 1 rings (SSSR count). The van der Waals surface area contributed by atoms with E-state index >= 15 is 0 Å². The van der Waals surface area contributed by atoms with Gasteiger partial charge in [0.15, 0.2) is 0 Å². The minimum Gasteiger partial charge on any atom is -0.393 e. The van der Waals surface area contributed by atoms with Crippen LogP contribution in [0.15, 0.2) is 0 Å². The molecule has 0 bridgehead atoms. The quantitative estimate of drug-likeness (QED) is 0.435. The van der Waals surface area contributed by atoms with Gasteiger partial charge < -0.3 is 15.3 Å². The Labute approximate surface area is 93.8 Å². The molecule has 0 aromatic heterocycles. The van der Waals surface area contributed by atoms with Gasteiger partial charge in [0.1, 0.15) is 6.54 Å². The molecule has 0 aromatic carbocycles. The van der Waals surface area contributed by atoms with Crippen molar-refractivity contribution < 1.29 is 14.7 Å². The van der Waals surface area contributed by atoms with Gasteiger partial charge in [-0.1, -0.05) is 6.92 Å². The summed E-state index contributed by atoms with van der Waals surface area (Å²) in [5.41, 5.74) is 0. The van der Waals surface area contributed by atoms with Crippen molar-refractivity contribution in [2.45, 2.75) is 19.4 Å². The number of aliphatic hydroxyl groups is 1. The van der Waals surface area contributed by atoms with Crippen LogP contribution < -0.4 is 5.32 Å². The molecule has 2 N–H and O–H groups in total. The lowest BCUT2D eigenvalue weighted by Gasteiger charge is -2.33. The summed E-state index contributed by atoms with van der Waals surface area (Å²) >= 11 is 0. The van der Waals surface area contributed by atoms with Crippen LogP contribution in [0.5, 0.6) is 0 Å². The summed E-state index contributed by atoms with van der Waals surface area (Å²) in [5.74, 6) is -1.42. The lowest BCUT2D eigenvalue weighted by atomic mass is 9.97. The van der Waals surface area contributed by atoms with Gasteiger partial charge in [0, 0.05) is 13.1 Å². The van der Waals surface area contributed by atoms with Crippen LogP contribution in [0.2, 0.25) is 0 Å². The van der Waals surface area contributed by atoms with Gasteiger partial charge in [-0.3, -0.25) is 9.59 Å². The molecule has 6 nitrogen and oxygen atoms in total. The number of nitrogens with one attached hydrogen (secondary N) is 1. The van der Waals surface area contributed by atoms with Crippen molar-refractivity contribution in [1.82, 2.24) is 10.2 Å². The summed E-state index contributed by atoms with van der Waals surface area (Å²) in [6, 6.07) is 1.73. The summed E-state index contributed by atoms with van der Waals surface area (Å²) in [5, 5.41) is 19.9. The Morgan fingerprint density at radius 2 is 2.31 bits per heavy atom. The highest BCUT2D eigenvalue weighted by molar-refractivity contribution is 6.35. The maximum absolute atomic E-state index is 11.6. The molecule has 0 aromatic rings. The molecule has 1 aliphatic rings. The average molecular weight is 225 g/mol. The first-order valence-corrected chi connectivity index (χ1v) is 5.18. The topological polar surface area (TPSA) is 93.4 Å². The molecule has 6 heteroatoms. The van der Waals surface area contributed by atoms with Crippen LogP contribution in [0.3, 0.4) is 0 Å². The first-order chi connectivity index (χ1) is 7.56. The average Bonchev–Trinajstić information content (AvgIpc) is 2.28. The van der Waals surface area contributed by atoms with Gasteiger partial charge in [0.2, 0.25) is 0 Å². The molecule has 0 spiro atoms. The number of rotatable bonds is 1. The van der Waals surface area contributed by atoms with Gasteiger partial charge in [-0.15, -0.1) is 0 Å². The van der Waals surface area contributed by atoms with E-state index in [2.05, 4.69) is 5.32 Å². The van der Waals surface area contributed by atoms with Crippen LogP contribution in [0.4, 0.5) is 0 Å². The molecule has 0 aliphatic carbocycles. The molecule has 1 heterocycles. The Bertz CT molecular complexity index is 324. The second-order valence-corrected chi connectivity index (χ2v) is 3.93. The predicted molar refractivity (Wildman–Crippen MR) is 55.0 cm³/mol. The number of carbonyl (C=O) groups is 2. The molecule has 1 saturated heterocycles. The molecular weight excluding hydrogens is 210 g/mol. The van der Waals surface area contributed by atoms with E-state index in [4.69, 9.17) is 5.26 Å². The first-order valence-electron chi connectivity index (χ1n) is 5.18. The minimum atomic E-state index is -0.759. The molecule has 1 aliphatic heterocycles. The van der Waals surface area contributed by atoms with Crippen molar-refractivity contribution >= 4 is 11.8 Å². The number of hydrogen-bond donors (Lipinski definition) is 2. The SMILES string of the molecule is CC1CN(C(=O)C(=O)NCC#N)CCC1O. The molecule has 88 valence electrons. The molecule has 2 atom stereocenters. The summed E-state index contributed by atoms with van der Waals surface area (Å²) in [7, 11) is 0. The third-order valence-corrected chi connectivity index (χ3v) is 2.67. The Balaban J connectivity index is 2.49. The predicted octanol–water partition coefficient (Wildman–Crippen LogP) is -1.14. The number of piperidine rings is 1. The van der Waals surface area contributed by atoms with Gasteiger partial charge >= 0.3 is 11.8 Å². The van der Waals surface area contributed by atoms with E-state index in [1.165, 1.54) is 4.90 Å². The largest absolute Gasteiger partial charge is 0.393 e. The standard InChI is InChI=1S/C10H15N3O3/c1-7-6-13(5-2-8(7)14)10(16)9(15)12-4-3-11/h7-8,14H,2,4-6H2,1H3,(H,12,15). The number of carbonyl (C=O) groups excluding carboxylic acids is 2. The number of nitrogens with zero attached hydrogens (tertiary/aromatic N) is 2. The highest BCUT2D eigenvalue weighted by Gasteiger charge is 2.30. The van der Waals surface area contributed by atoms with Gasteiger partial charge in [-0.05, 0) is 12.3 Å². The van der Waals surface area contributed by atoms with Crippen LogP contribution in [-0.2, 0) is 9.59 Å². The van der Waals surface area contributed by atoms with Gasteiger partial charge in [-0.25, -0.2) is 0 Å². The van der Waals surface area contributed by atoms with Crippen molar-refractivity contribution in [2.24, 2.45) is 5.92 Å². The maximum atomic E-state index is 11.6. The van der Waals surface area contributed by atoms with Crippen molar-refractivity contribution in [3.05, 3.63) is 0 Å². The Kier molecular flexibility index (Phi) is 4.26. The summed E-state index contributed by atoms with van der Waals surface area (Å²) in [6.45, 7) is 2.41. The summed E-state index contributed by atoms with van der Waals surface area (Å²) < 4.78 is 0.